The summed E-state index contributed by atoms with van der Waals surface area (Å²) in [4.78, 5) is 13.5. The van der Waals surface area contributed by atoms with E-state index in [2.05, 4.69) is 5.32 Å². The molecule has 0 aliphatic rings. The number of benzene rings is 1. The van der Waals surface area contributed by atoms with Gasteiger partial charge in [-0.25, -0.2) is 4.79 Å². The fourth-order valence-corrected chi connectivity index (χ4v) is 1.52. The summed E-state index contributed by atoms with van der Waals surface area (Å²) < 4.78 is 5.16. The van der Waals surface area contributed by atoms with Crippen molar-refractivity contribution in [3.05, 3.63) is 18.2 Å². The summed E-state index contributed by atoms with van der Waals surface area (Å²) in [5.74, 6) is 0.561. The molecule has 0 bridgehead atoms. The molecular formula is C12H19N3O2. The van der Waals surface area contributed by atoms with Crippen molar-refractivity contribution >= 4 is 17.4 Å². The van der Waals surface area contributed by atoms with Crippen molar-refractivity contribution in [1.29, 1.82) is 0 Å². The molecule has 5 heteroatoms. The van der Waals surface area contributed by atoms with Crippen LogP contribution in [-0.4, -0.2) is 31.1 Å². The number of carbonyl (C=O) groups is 1. The molecule has 17 heavy (non-hydrogen) atoms. The lowest BCUT2D eigenvalue weighted by Gasteiger charge is -2.20. The summed E-state index contributed by atoms with van der Waals surface area (Å²) in [5, 5.41) is 2.80. The predicted molar refractivity (Wildman–Crippen MR) is 69.3 cm³/mol. The number of hydrogen-bond acceptors (Lipinski definition) is 3. The minimum absolute atomic E-state index is 0.141. The average Bonchev–Trinajstić information content (AvgIpc) is 2.33. The van der Waals surface area contributed by atoms with E-state index < -0.39 is 0 Å². The van der Waals surface area contributed by atoms with Gasteiger partial charge in [-0.2, -0.15) is 0 Å². The van der Waals surface area contributed by atoms with Crippen LogP contribution in [0.15, 0.2) is 18.2 Å². The van der Waals surface area contributed by atoms with Crippen LogP contribution >= 0.6 is 0 Å². The van der Waals surface area contributed by atoms with Crippen LogP contribution < -0.4 is 15.8 Å². The van der Waals surface area contributed by atoms with Crippen molar-refractivity contribution in [2.24, 2.45) is 0 Å². The number of methoxy groups -OCH3 is 1. The Bertz CT molecular complexity index is 389. The molecular weight excluding hydrogens is 218 g/mol. The number of rotatable bonds is 4. The van der Waals surface area contributed by atoms with E-state index in [-0.39, 0.29) is 6.03 Å². The molecule has 0 aliphatic heterocycles. The van der Waals surface area contributed by atoms with Gasteiger partial charge in [-0.1, -0.05) is 0 Å². The maximum Gasteiger partial charge on any atom is 0.321 e. The van der Waals surface area contributed by atoms with Crippen molar-refractivity contribution in [2.75, 3.05) is 31.2 Å². The second-order valence-electron chi connectivity index (χ2n) is 3.56. The van der Waals surface area contributed by atoms with E-state index in [0.29, 0.717) is 30.2 Å². The van der Waals surface area contributed by atoms with Gasteiger partial charge in [0.1, 0.15) is 5.75 Å². The molecule has 0 saturated heterocycles. The largest absolute Gasteiger partial charge is 0.494 e. The quantitative estimate of drug-likeness (QED) is 0.788. The highest BCUT2D eigenvalue weighted by molar-refractivity contribution is 5.91. The molecule has 0 aromatic heterocycles. The third kappa shape index (κ3) is 3.27. The lowest BCUT2D eigenvalue weighted by atomic mass is 10.2. The first kappa shape index (κ1) is 13.2. The van der Waals surface area contributed by atoms with E-state index in [1.165, 1.54) is 0 Å². The van der Waals surface area contributed by atoms with Gasteiger partial charge in [-0.3, -0.25) is 0 Å². The molecule has 3 N–H and O–H groups in total. The Morgan fingerprint density at radius 2 is 2.06 bits per heavy atom. The molecule has 0 saturated carbocycles. The number of carbonyl (C=O) groups excluding carboxylic acids is 1. The van der Waals surface area contributed by atoms with E-state index in [0.717, 1.165) is 0 Å². The van der Waals surface area contributed by atoms with Gasteiger partial charge in [0.25, 0.3) is 0 Å². The van der Waals surface area contributed by atoms with Gasteiger partial charge >= 0.3 is 6.03 Å². The van der Waals surface area contributed by atoms with Gasteiger partial charge in [0.05, 0.1) is 12.8 Å². The van der Waals surface area contributed by atoms with Crippen molar-refractivity contribution in [3.8, 4) is 5.75 Å². The van der Waals surface area contributed by atoms with Gasteiger partial charge in [0.2, 0.25) is 0 Å². The maximum absolute atomic E-state index is 11.9. The first-order valence-electron chi connectivity index (χ1n) is 5.61. The topological polar surface area (TPSA) is 67.6 Å². The minimum Gasteiger partial charge on any atom is -0.494 e. The number of nitrogen functional groups attached to an aromatic ring is 1. The second kappa shape index (κ2) is 5.98. The zero-order chi connectivity index (χ0) is 12.8. The predicted octanol–water partition coefficient (Wildman–Crippen LogP) is 2.15. The molecule has 5 nitrogen and oxygen atoms in total. The van der Waals surface area contributed by atoms with Gasteiger partial charge < -0.3 is 20.7 Å². The van der Waals surface area contributed by atoms with Crippen molar-refractivity contribution in [1.82, 2.24) is 4.90 Å². The number of nitrogens with two attached hydrogens (primary N) is 1. The number of hydrogen-bond donors (Lipinski definition) is 2. The summed E-state index contributed by atoms with van der Waals surface area (Å²) in [6.45, 7) is 5.20. The molecule has 94 valence electrons. The third-order valence-electron chi connectivity index (χ3n) is 2.52. The van der Waals surface area contributed by atoms with Crippen molar-refractivity contribution < 1.29 is 9.53 Å². The van der Waals surface area contributed by atoms with E-state index in [1.54, 1.807) is 30.2 Å². The molecule has 0 fully saturated rings. The zero-order valence-corrected chi connectivity index (χ0v) is 10.5. The SMILES string of the molecule is CCN(CC)C(=O)Nc1ccc(N)cc1OC. The lowest BCUT2D eigenvalue weighted by molar-refractivity contribution is 0.217. The molecule has 0 aliphatic carbocycles. The second-order valence-corrected chi connectivity index (χ2v) is 3.56. The van der Waals surface area contributed by atoms with Crippen LogP contribution in [0.25, 0.3) is 0 Å². The maximum atomic E-state index is 11.9. The first-order valence-corrected chi connectivity index (χ1v) is 5.61. The van der Waals surface area contributed by atoms with E-state index in [1.807, 2.05) is 13.8 Å². The van der Waals surface area contributed by atoms with Gasteiger partial charge in [0, 0.05) is 24.8 Å². The van der Waals surface area contributed by atoms with E-state index in [4.69, 9.17) is 10.5 Å². The van der Waals surface area contributed by atoms with Crippen LogP contribution in [-0.2, 0) is 0 Å². The Labute approximate surface area is 102 Å². The van der Waals surface area contributed by atoms with Crippen LogP contribution in [0.5, 0.6) is 5.75 Å². The highest BCUT2D eigenvalue weighted by Crippen LogP contribution is 2.26. The number of nitrogens with one attached hydrogen (secondary N) is 1. The Balaban J connectivity index is 2.84. The Hall–Kier alpha value is -1.91. The molecule has 0 spiro atoms. The molecule has 0 atom stereocenters. The van der Waals surface area contributed by atoms with Crippen LogP contribution in [0.3, 0.4) is 0 Å². The number of ether oxygens (including phenoxy) is 1. The Morgan fingerprint density at radius 3 is 2.59 bits per heavy atom. The highest BCUT2D eigenvalue weighted by atomic mass is 16.5. The Morgan fingerprint density at radius 1 is 1.41 bits per heavy atom. The van der Waals surface area contributed by atoms with Crippen LogP contribution in [0.4, 0.5) is 16.2 Å². The molecule has 0 heterocycles. The summed E-state index contributed by atoms with van der Waals surface area (Å²) >= 11 is 0. The van der Waals surface area contributed by atoms with Crippen LogP contribution in [0.2, 0.25) is 0 Å². The first-order chi connectivity index (χ1) is 8.12. The zero-order valence-electron chi connectivity index (χ0n) is 10.5. The lowest BCUT2D eigenvalue weighted by Crippen LogP contribution is -2.34. The minimum atomic E-state index is -0.141. The summed E-state index contributed by atoms with van der Waals surface area (Å²) in [6, 6.07) is 4.99. The number of nitrogens with zero attached hydrogens (tertiary/aromatic N) is 1. The van der Waals surface area contributed by atoms with Crippen LogP contribution in [0.1, 0.15) is 13.8 Å². The molecule has 1 aromatic rings. The number of anilines is 2. The van der Waals surface area contributed by atoms with Crippen LogP contribution in [0, 0.1) is 0 Å². The highest BCUT2D eigenvalue weighted by Gasteiger charge is 2.12. The normalized spacial score (nSPS) is 9.82. The van der Waals surface area contributed by atoms with Gasteiger partial charge in [-0.15, -0.1) is 0 Å². The smallest absolute Gasteiger partial charge is 0.321 e. The fraction of sp³-hybridized carbons (Fsp3) is 0.417. The number of amides is 2. The summed E-state index contributed by atoms with van der Waals surface area (Å²) in [7, 11) is 1.54. The average molecular weight is 237 g/mol. The van der Waals surface area contributed by atoms with Crippen molar-refractivity contribution in [2.45, 2.75) is 13.8 Å². The summed E-state index contributed by atoms with van der Waals surface area (Å²) in [5.41, 5.74) is 6.87. The van der Waals surface area contributed by atoms with Gasteiger partial charge in [-0.05, 0) is 26.0 Å². The number of urea groups is 1. The van der Waals surface area contributed by atoms with E-state index >= 15 is 0 Å². The van der Waals surface area contributed by atoms with E-state index in [9.17, 15) is 4.79 Å². The van der Waals surface area contributed by atoms with Crippen molar-refractivity contribution in [3.63, 3.8) is 0 Å². The molecule has 1 rings (SSSR count). The molecule has 0 unspecified atom stereocenters. The monoisotopic (exact) mass is 237 g/mol. The molecule has 0 radical (unpaired) electrons. The summed E-state index contributed by atoms with van der Waals surface area (Å²) in [6.07, 6.45) is 0. The van der Waals surface area contributed by atoms with Gasteiger partial charge in [0.15, 0.2) is 0 Å². The third-order valence-corrected chi connectivity index (χ3v) is 2.52. The molecule has 1 aromatic carbocycles. The standard InChI is InChI=1S/C12H19N3O2/c1-4-15(5-2)12(16)14-10-7-6-9(13)8-11(10)17-3/h6-8H,4-5,13H2,1-3H3,(H,14,16). The Kier molecular flexibility index (Phi) is 4.63. The fourth-order valence-electron chi connectivity index (χ4n) is 1.52. The molecule has 2 amide bonds.